The summed E-state index contributed by atoms with van der Waals surface area (Å²) < 4.78 is 7.98. The molecule has 1 aromatic rings. The van der Waals surface area contributed by atoms with Crippen LogP contribution in [0.2, 0.25) is 0 Å². The normalized spacial score (nSPS) is 32.7. The van der Waals surface area contributed by atoms with E-state index in [1.165, 1.54) is 21.1 Å². The lowest BCUT2D eigenvalue weighted by Crippen LogP contribution is -2.65. The van der Waals surface area contributed by atoms with Crippen LogP contribution in [0.3, 0.4) is 0 Å². The van der Waals surface area contributed by atoms with E-state index in [2.05, 4.69) is 0 Å². The number of rotatable bonds is 6. The van der Waals surface area contributed by atoms with E-state index in [-0.39, 0.29) is 41.0 Å². The number of aromatic nitrogens is 2. The summed E-state index contributed by atoms with van der Waals surface area (Å²) in [4.78, 5) is 56.0. The van der Waals surface area contributed by atoms with Gasteiger partial charge in [0.2, 0.25) is 5.88 Å². The van der Waals surface area contributed by atoms with Crippen molar-refractivity contribution in [3.05, 3.63) is 26.4 Å². The molecule has 3 saturated carbocycles. The van der Waals surface area contributed by atoms with Crippen molar-refractivity contribution < 1.29 is 19.4 Å². The number of amidine groups is 1. The van der Waals surface area contributed by atoms with Gasteiger partial charge in [-0.25, -0.2) is 9.59 Å². The van der Waals surface area contributed by atoms with Crippen LogP contribution in [0.5, 0.6) is 5.88 Å². The Labute approximate surface area is 226 Å². The van der Waals surface area contributed by atoms with Crippen LogP contribution in [0.1, 0.15) is 82.2 Å². The molecule has 5 fully saturated rings. The summed E-state index contributed by atoms with van der Waals surface area (Å²) in [5, 5.41) is 18.7. The summed E-state index contributed by atoms with van der Waals surface area (Å²) in [6.07, 6.45) is 8.58. The zero-order valence-corrected chi connectivity index (χ0v) is 22.5. The molecule has 2 saturated heterocycles. The van der Waals surface area contributed by atoms with Crippen LogP contribution in [-0.4, -0.2) is 73.7 Å². The van der Waals surface area contributed by atoms with Crippen molar-refractivity contribution in [2.75, 3.05) is 20.2 Å². The predicted octanol–water partition coefficient (Wildman–Crippen LogP) is 1.51. The summed E-state index contributed by atoms with van der Waals surface area (Å²) in [5.74, 6) is -0.991. The van der Waals surface area contributed by atoms with Crippen molar-refractivity contribution in [3.63, 3.8) is 0 Å². The van der Waals surface area contributed by atoms with Crippen LogP contribution in [0, 0.1) is 16.7 Å². The number of urea groups is 1. The van der Waals surface area contributed by atoms with E-state index in [0.717, 1.165) is 32.1 Å². The molecule has 3 aliphatic carbocycles. The average molecular weight is 543 g/mol. The molecule has 5 aliphatic rings. The first-order valence-electron chi connectivity index (χ1n) is 14.2. The first kappa shape index (κ1) is 26.1. The van der Waals surface area contributed by atoms with Gasteiger partial charge in [0, 0.05) is 32.8 Å². The van der Waals surface area contributed by atoms with Crippen LogP contribution in [0.25, 0.3) is 0 Å². The van der Waals surface area contributed by atoms with E-state index in [1.54, 1.807) is 4.90 Å². The Morgan fingerprint density at radius 2 is 1.69 bits per heavy atom. The molecule has 0 radical (unpaired) electrons. The summed E-state index contributed by atoms with van der Waals surface area (Å²) in [5.41, 5.74) is 3.14. The number of imide groups is 1. The zero-order chi connectivity index (χ0) is 27.7. The summed E-state index contributed by atoms with van der Waals surface area (Å²) in [7, 11) is 1.54. The standard InChI is InChI=1S/C27H38N6O6/c1-30-23(36)27(32(24(30)37)13-18-8-11-39-18)14-26(15-27)9-6-17(7-10-26)33-22(35)19(20(28)29)21(34)31(25(33)38)12-16-4-2-3-5-16/h16-18,34H,2-15H2,1H3,(H3,28,29). The van der Waals surface area contributed by atoms with Crippen molar-refractivity contribution >= 4 is 17.8 Å². The molecule has 0 bridgehead atoms. The number of nitrogens with two attached hydrogens (primary N) is 1. The van der Waals surface area contributed by atoms with Crippen molar-refractivity contribution in [1.29, 1.82) is 5.41 Å². The summed E-state index contributed by atoms with van der Waals surface area (Å²) in [6, 6.07) is -0.655. The fourth-order valence-corrected chi connectivity index (χ4v) is 7.95. The second kappa shape index (κ2) is 9.21. The lowest BCUT2D eigenvalue weighted by molar-refractivity contribution is -0.153. The van der Waals surface area contributed by atoms with Gasteiger partial charge in [-0.1, -0.05) is 12.8 Å². The maximum Gasteiger partial charge on any atom is 0.334 e. The van der Waals surface area contributed by atoms with Crippen LogP contribution in [0.4, 0.5) is 4.79 Å². The van der Waals surface area contributed by atoms with Gasteiger partial charge < -0.3 is 20.5 Å². The second-order valence-electron chi connectivity index (χ2n) is 12.5. The quantitative estimate of drug-likeness (QED) is 0.278. The first-order valence-corrected chi connectivity index (χ1v) is 14.2. The van der Waals surface area contributed by atoms with Crippen molar-refractivity contribution in [1.82, 2.24) is 18.9 Å². The molecule has 3 heterocycles. The van der Waals surface area contributed by atoms with Crippen LogP contribution >= 0.6 is 0 Å². The van der Waals surface area contributed by atoms with Crippen LogP contribution in [0.15, 0.2) is 9.59 Å². The van der Waals surface area contributed by atoms with E-state index >= 15 is 0 Å². The minimum Gasteiger partial charge on any atom is -0.494 e. The largest absolute Gasteiger partial charge is 0.494 e. The monoisotopic (exact) mass is 542 g/mol. The fraction of sp³-hybridized carbons (Fsp3) is 0.741. The van der Waals surface area contributed by atoms with Gasteiger partial charge in [0.15, 0.2) is 0 Å². The maximum absolute atomic E-state index is 13.6. The molecule has 2 spiro atoms. The average Bonchev–Trinajstić information content (AvgIpc) is 3.42. The molecule has 212 valence electrons. The number of hydrogen-bond donors (Lipinski definition) is 3. The Bertz CT molecular complexity index is 1320. The van der Waals surface area contributed by atoms with Gasteiger partial charge in [-0.05, 0) is 69.1 Å². The Kier molecular flexibility index (Phi) is 6.16. The molecule has 39 heavy (non-hydrogen) atoms. The van der Waals surface area contributed by atoms with Gasteiger partial charge in [0.05, 0.1) is 6.10 Å². The minimum absolute atomic E-state index is 0.0272. The van der Waals surface area contributed by atoms with E-state index in [9.17, 15) is 24.3 Å². The minimum atomic E-state index is -0.831. The number of ether oxygens (including phenoxy) is 1. The molecule has 1 aromatic heterocycles. The molecule has 12 nitrogen and oxygen atoms in total. The van der Waals surface area contributed by atoms with Crippen molar-refractivity contribution in [2.45, 2.75) is 94.9 Å². The predicted molar refractivity (Wildman–Crippen MR) is 141 cm³/mol. The summed E-state index contributed by atoms with van der Waals surface area (Å²) in [6.45, 7) is 1.40. The lowest BCUT2D eigenvalue weighted by Gasteiger charge is -2.58. The Balaban J connectivity index is 1.23. The number of nitrogens with one attached hydrogen (secondary N) is 1. The third-order valence-corrected chi connectivity index (χ3v) is 10.2. The molecule has 1 atom stereocenters. The number of amides is 3. The highest BCUT2D eigenvalue weighted by Crippen LogP contribution is 2.62. The Hall–Kier alpha value is -3.15. The molecular formula is C27H38N6O6. The number of likely N-dealkylation sites (N-methyl/N-ethyl adjacent to an activating group) is 1. The molecule has 12 heteroatoms. The number of nitrogen functional groups attached to an aromatic ring is 1. The Morgan fingerprint density at radius 1 is 1.05 bits per heavy atom. The molecule has 2 aliphatic heterocycles. The molecule has 6 rings (SSSR count). The zero-order valence-electron chi connectivity index (χ0n) is 22.5. The highest BCUT2D eigenvalue weighted by Gasteiger charge is 2.68. The van der Waals surface area contributed by atoms with Crippen molar-refractivity contribution in [2.24, 2.45) is 17.1 Å². The number of nitrogens with zero attached hydrogens (tertiary/aromatic N) is 4. The highest BCUT2D eigenvalue weighted by atomic mass is 16.5. The van der Waals surface area contributed by atoms with E-state index in [1.807, 2.05) is 0 Å². The van der Waals surface area contributed by atoms with E-state index in [4.69, 9.17) is 15.9 Å². The van der Waals surface area contributed by atoms with E-state index < -0.39 is 28.5 Å². The lowest BCUT2D eigenvalue weighted by atomic mass is 9.51. The molecule has 4 N–H and O–H groups in total. The second-order valence-corrected chi connectivity index (χ2v) is 12.5. The maximum atomic E-state index is 13.6. The van der Waals surface area contributed by atoms with Crippen LogP contribution in [-0.2, 0) is 16.1 Å². The fourth-order valence-electron chi connectivity index (χ4n) is 7.95. The van der Waals surface area contributed by atoms with Gasteiger partial charge in [-0.3, -0.25) is 29.0 Å². The third-order valence-electron chi connectivity index (χ3n) is 10.2. The molecular weight excluding hydrogens is 504 g/mol. The topological polar surface area (TPSA) is 164 Å². The number of carbonyl (C=O) groups excluding carboxylic acids is 2. The summed E-state index contributed by atoms with van der Waals surface area (Å²) >= 11 is 0. The molecule has 0 aromatic carbocycles. The van der Waals surface area contributed by atoms with Gasteiger partial charge >= 0.3 is 11.7 Å². The van der Waals surface area contributed by atoms with Gasteiger partial charge in [-0.2, -0.15) is 0 Å². The molecule has 1 unspecified atom stereocenters. The van der Waals surface area contributed by atoms with E-state index in [0.29, 0.717) is 58.2 Å². The molecule has 3 amide bonds. The van der Waals surface area contributed by atoms with Crippen molar-refractivity contribution in [3.8, 4) is 5.88 Å². The number of aromatic hydroxyl groups is 1. The number of hydrogen-bond acceptors (Lipinski definition) is 7. The van der Waals surface area contributed by atoms with Gasteiger partial charge in [0.1, 0.15) is 16.9 Å². The van der Waals surface area contributed by atoms with Crippen LogP contribution < -0.4 is 17.0 Å². The van der Waals surface area contributed by atoms with Gasteiger partial charge in [0.25, 0.3) is 11.5 Å². The Morgan fingerprint density at radius 3 is 2.26 bits per heavy atom. The first-order chi connectivity index (χ1) is 18.6. The highest BCUT2D eigenvalue weighted by molar-refractivity contribution is 6.07. The third kappa shape index (κ3) is 3.93. The smallest absolute Gasteiger partial charge is 0.334 e. The SMILES string of the molecule is CN1C(=O)N(CC2CCO2)C2(CC3(CCC(n4c(=O)c(C(=N)N)c(O)n(CC5CCCC5)c4=O)CC3)C2)C1=O. The van der Waals surface area contributed by atoms with Gasteiger partial charge in [-0.15, -0.1) is 0 Å². The number of carbonyl (C=O) groups is 2.